The first kappa shape index (κ1) is 19.6. The van der Waals surface area contributed by atoms with E-state index in [1.807, 2.05) is 0 Å². The second-order valence-electron chi connectivity index (χ2n) is 6.09. The zero-order chi connectivity index (χ0) is 13.6. The fourth-order valence-corrected chi connectivity index (χ4v) is 74.9. The van der Waals surface area contributed by atoms with Crippen molar-refractivity contribution >= 4 is 31.6 Å². The van der Waals surface area contributed by atoms with Gasteiger partial charge in [0.15, 0.2) is 0 Å². The molecule has 0 nitrogen and oxygen atoms in total. The van der Waals surface area contributed by atoms with Crippen LogP contribution in [-0.2, 0) is 0 Å². The van der Waals surface area contributed by atoms with E-state index in [0.717, 1.165) is 0 Å². The van der Waals surface area contributed by atoms with E-state index < -0.39 is 31.6 Å². The fourth-order valence-electron chi connectivity index (χ4n) is 3.10. The molecular formula is C16H38Sn2. The van der Waals surface area contributed by atoms with Crippen molar-refractivity contribution in [3.8, 4) is 0 Å². The van der Waals surface area contributed by atoms with Crippen molar-refractivity contribution in [3.05, 3.63) is 0 Å². The summed E-state index contributed by atoms with van der Waals surface area (Å²) in [4.78, 5) is 0. The molecule has 0 saturated heterocycles. The van der Waals surface area contributed by atoms with Crippen molar-refractivity contribution in [2.45, 2.75) is 96.8 Å². The molecule has 0 bridgehead atoms. The van der Waals surface area contributed by atoms with Crippen LogP contribution in [0, 0.1) is 0 Å². The maximum atomic E-state index is 2.39. The molecule has 0 aliphatic carbocycles. The zero-order valence-electron chi connectivity index (χ0n) is 13.6. The number of unbranched alkanes of at least 4 members (excludes halogenated alkanes) is 4. The molecule has 0 unspecified atom stereocenters. The van der Waals surface area contributed by atoms with Crippen molar-refractivity contribution < 1.29 is 0 Å². The second kappa shape index (κ2) is 15.0. The van der Waals surface area contributed by atoms with E-state index in [-0.39, 0.29) is 0 Å². The van der Waals surface area contributed by atoms with Gasteiger partial charge in [-0.3, -0.25) is 0 Å². The summed E-state index contributed by atoms with van der Waals surface area (Å²) in [7, 11) is 0. The Kier molecular flexibility index (Phi) is 16.3. The predicted octanol–water partition coefficient (Wildman–Crippen LogP) is 5.72. The Morgan fingerprint density at radius 1 is 0.444 bits per heavy atom. The van der Waals surface area contributed by atoms with Crippen LogP contribution in [0.25, 0.3) is 0 Å². The van der Waals surface area contributed by atoms with Gasteiger partial charge in [-0.05, 0) is 0 Å². The van der Waals surface area contributed by atoms with Crippen molar-refractivity contribution in [3.63, 3.8) is 0 Å². The van der Waals surface area contributed by atoms with E-state index in [4.69, 9.17) is 0 Å². The van der Waals surface area contributed by atoms with Crippen LogP contribution in [0.15, 0.2) is 0 Å². The van der Waals surface area contributed by atoms with Gasteiger partial charge < -0.3 is 0 Å². The first-order valence-corrected chi connectivity index (χ1v) is 32.8. The zero-order valence-corrected chi connectivity index (χ0v) is 20.2. The summed E-state index contributed by atoms with van der Waals surface area (Å²) in [5, 5.41) is 0. The average molecular weight is 468 g/mol. The first-order chi connectivity index (χ1) is 8.79. The van der Waals surface area contributed by atoms with Crippen LogP contribution in [-0.4, -0.2) is 31.6 Å². The van der Waals surface area contributed by atoms with E-state index in [1.165, 1.54) is 25.7 Å². The third-order valence-electron chi connectivity index (χ3n) is 4.38. The Morgan fingerprint density at radius 2 is 0.667 bits per heavy atom. The molecule has 0 aromatic heterocycles. The summed E-state index contributed by atoms with van der Waals surface area (Å²) in [5.74, 6) is 0. The molecule has 0 rings (SSSR count). The second-order valence-corrected chi connectivity index (χ2v) is 57.5. The standard InChI is InChI=1S/4C4H9.2Sn.2H/c4*1-3-4-2;;;;/h4*1,3-4H2,2H3;;;;. The molecule has 0 fully saturated rings. The Morgan fingerprint density at radius 3 is 0.833 bits per heavy atom. The molecule has 0 spiro atoms. The van der Waals surface area contributed by atoms with Gasteiger partial charge in [-0.2, -0.15) is 0 Å². The molecule has 0 aliphatic heterocycles. The number of hydrogen-bond acceptors (Lipinski definition) is 0. The third-order valence-corrected chi connectivity index (χ3v) is 72.4. The summed E-state index contributed by atoms with van der Waals surface area (Å²) in [6, 6.07) is 0. The van der Waals surface area contributed by atoms with Crippen molar-refractivity contribution in [1.29, 1.82) is 0 Å². The molecule has 18 heavy (non-hydrogen) atoms. The van der Waals surface area contributed by atoms with Gasteiger partial charge in [0, 0.05) is 0 Å². The van der Waals surface area contributed by atoms with E-state index in [1.54, 1.807) is 43.4 Å². The normalized spacial score (nSPS) is 11.7. The first-order valence-electron chi connectivity index (χ1n) is 8.79. The van der Waals surface area contributed by atoms with Gasteiger partial charge in [0.05, 0.1) is 0 Å². The molecule has 0 amide bonds. The fraction of sp³-hybridized carbons (Fsp3) is 1.00. The molecule has 0 heterocycles. The van der Waals surface area contributed by atoms with Gasteiger partial charge >= 0.3 is 128 Å². The SMILES string of the molecule is CCC[CH2][SnH]([CH2]CCC)[SnH]([CH2]CCC)[CH2]CCC. The van der Waals surface area contributed by atoms with Crippen molar-refractivity contribution in [1.82, 2.24) is 0 Å². The maximum absolute atomic E-state index is 2.39. The van der Waals surface area contributed by atoms with Crippen LogP contribution in [0.1, 0.15) is 79.1 Å². The quantitative estimate of drug-likeness (QED) is 0.304. The predicted molar refractivity (Wildman–Crippen MR) is 93.2 cm³/mol. The summed E-state index contributed by atoms with van der Waals surface area (Å²) in [6.45, 7) is 9.58. The van der Waals surface area contributed by atoms with Crippen molar-refractivity contribution in [2.75, 3.05) is 0 Å². The Hall–Kier alpha value is 1.60. The van der Waals surface area contributed by atoms with Crippen LogP contribution in [0.2, 0.25) is 17.7 Å². The Balaban J connectivity index is 4.27. The van der Waals surface area contributed by atoms with Crippen LogP contribution in [0.3, 0.4) is 0 Å². The van der Waals surface area contributed by atoms with Gasteiger partial charge in [-0.15, -0.1) is 0 Å². The average Bonchev–Trinajstić information content (AvgIpc) is 2.40. The minimum absolute atomic E-state index is 0.994. The molecule has 0 aromatic carbocycles. The van der Waals surface area contributed by atoms with E-state index in [9.17, 15) is 0 Å². The molecule has 0 saturated carbocycles. The van der Waals surface area contributed by atoms with E-state index in [0.29, 0.717) is 0 Å². The van der Waals surface area contributed by atoms with Crippen LogP contribution >= 0.6 is 0 Å². The van der Waals surface area contributed by atoms with E-state index >= 15 is 0 Å². The van der Waals surface area contributed by atoms with Gasteiger partial charge in [0.1, 0.15) is 0 Å². The molecule has 0 N–H and O–H groups in total. The van der Waals surface area contributed by atoms with Gasteiger partial charge in [-0.25, -0.2) is 0 Å². The van der Waals surface area contributed by atoms with Gasteiger partial charge in [-0.1, -0.05) is 0 Å². The van der Waals surface area contributed by atoms with Crippen LogP contribution in [0.5, 0.6) is 0 Å². The van der Waals surface area contributed by atoms with Crippen molar-refractivity contribution in [2.24, 2.45) is 0 Å². The molecule has 0 atom stereocenters. The summed E-state index contributed by atoms with van der Waals surface area (Å²) < 4.78 is 7.19. The summed E-state index contributed by atoms with van der Waals surface area (Å²) in [6.07, 6.45) is 12.2. The molecule has 0 aliphatic rings. The van der Waals surface area contributed by atoms with Gasteiger partial charge in [0.25, 0.3) is 0 Å². The summed E-state index contributed by atoms with van der Waals surface area (Å²) in [5.41, 5.74) is 0. The molecule has 0 radical (unpaired) electrons. The number of rotatable bonds is 13. The molecule has 110 valence electrons. The molecular weight excluding hydrogens is 430 g/mol. The van der Waals surface area contributed by atoms with E-state index in [2.05, 4.69) is 27.7 Å². The third kappa shape index (κ3) is 10.4. The number of hydrogen-bond donors (Lipinski definition) is 0. The Bertz CT molecular complexity index is 125. The van der Waals surface area contributed by atoms with Gasteiger partial charge in [0.2, 0.25) is 0 Å². The topological polar surface area (TPSA) is 0 Å². The molecule has 0 aromatic rings. The minimum atomic E-state index is -0.994. The Labute approximate surface area is 127 Å². The summed E-state index contributed by atoms with van der Waals surface area (Å²) >= 11 is -1.99. The monoisotopic (exact) mass is 470 g/mol. The molecule has 2 heteroatoms. The van der Waals surface area contributed by atoms with Crippen LogP contribution < -0.4 is 0 Å². The van der Waals surface area contributed by atoms with Crippen LogP contribution in [0.4, 0.5) is 0 Å².